The highest BCUT2D eigenvalue weighted by Gasteiger charge is 2.32. The van der Waals surface area contributed by atoms with E-state index in [1.54, 1.807) is 0 Å². The first-order valence-electron chi connectivity index (χ1n) is 15.8. The van der Waals surface area contributed by atoms with Crippen LogP contribution < -0.4 is 5.32 Å². The van der Waals surface area contributed by atoms with E-state index in [0.717, 1.165) is 72.2 Å². The van der Waals surface area contributed by atoms with Crippen molar-refractivity contribution < 1.29 is 29.3 Å². The lowest BCUT2D eigenvalue weighted by molar-refractivity contribution is -0.252. The van der Waals surface area contributed by atoms with Crippen LogP contribution in [0.3, 0.4) is 0 Å². The number of aliphatic carboxylic acids is 1. The topological polar surface area (TPSA) is 108 Å². The van der Waals surface area contributed by atoms with E-state index >= 15 is 0 Å². The minimum Gasteiger partial charge on any atom is -0.481 e. The third-order valence-corrected chi connectivity index (χ3v) is 8.05. The van der Waals surface area contributed by atoms with Crippen molar-refractivity contribution >= 4 is 11.9 Å². The van der Waals surface area contributed by atoms with Gasteiger partial charge < -0.3 is 29.9 Å². The third kappa shape index (κ3) is 10.9. The van der Waals surface area contributed by atoms with Crippen LogP contribution in [0.25, 0.3) is 11.1 Å². The number of unbranched alkanes of at least 4 members (excludes halogenated alkanes) is 3. The second kappa shape index (κ2) is 17.6. The van der Waals surface area contributed by atoms with Crippen molar-refractivity contribution in [3.63, 3.8) is 0 Å². The molecule has 0 saturated carbocycles. The highest BCUT2D eigenvalue weighted by atomic mass is 16.7. The number of carboxylic acid groups (broad SMARTS) is 1. The molecule has 8 nitrogen and oxygen atoms in total. The van der Waals surface area contributed by atoms with Crippen LogP contribution in [-0.2, 0) is 32.2 Å². The van der Waals surface area contributed by atoms with E-state index in [2.05, 4.69) is 48.1 Å². The van der Waals surface area contributed by atoms with Gasteiger partial charge in [-0.3, -0.25) is 9.59 Å². The first kappa shape index (κ1) is 34.1. The number of likely N-dealkylation sites (N-methyl/N-ethyl adjacent to an activating group) is 1. The number of carbonyl (C=O) groups excluding carboxylic acids is 1. The molecule has 3 N–H and O–H groups in total. The summed E-state index contributed by atoms with van der Waals surface area (Å²) >= 11 is 0. The molecule has 3 aromatic rings. The molecule has 0 aliphatic carbocycles. The normalized spacial score (nSPS) is 18.1. The first-order valence-corrected chi connectivity index (χ1v) is 15.8. The maximum Gasteiger partial charge on any atom is 0.303 e. The fourth-order valence-electron chi connectivity index (χ4n) is 5.57. The highest BCUT2D eigenvalue weighted by molar-refractivity contribution is 5.76. The van der Waals surface area contributed by atoms with Crippen LogP contribution in [0.4, 0.5) is 0 Å². The maximum atomic E-state index is 12.3. The van der Waals surface area contributed by atoms with Crippen LogP contribution in [0.5, 0.6) is 0 Å². The van der Waals surface area contributed by atoms with Crippen LogP contribution in [0.2, 0.25) is 0 Å². The third-order valence-electron chi connectivity index (χ3n) is 8.05. The van der Waals surface area contributed by atoms with Gasteiger partial charge in [-0.1, -0.05) is 85.6 Å². The van der Waals surface area contributed by atoms with Gasteiger partial charge in [-0.25, -0.2) is 0 Å². The predicted octanol–water partition coefficient (Wildman–Crippen LogP) is 6.55. The minimum absolute atomic E-state index is 0.00658. The molecule has 1 fully saturated rings. The summed E-state index contributed by atoms with van der Waals surface area (Å²) in [5.74, 6) is -0.766. The largest absolute Gasteiger partial charge is 0.481 e. The Morgan fingerprint density at radius 3 is 2.31 bits per heavy atom. The molecule has 45 heavy (non-hydrogen) atoms. The van der Waals surface area contributed by atoms with Gasteiger partial charge in [0.15, 0.2) is 6.29 Å². The Bertz CT molecular complexity index is 1370. The molecule has 1 aliphatic heterocycles. The summed E-state index contributed by atoms with van der Waals surface area (Å²) in [6.07, 6.45) is 5.66. The number of hydrogen-bond acceptors (Lipinski definition) is 6. The van der Waals surface area contributed by atoms with Gasteiger partial charge in [0.05, 0.1) is 18.8 Å². The van der Waals surface area contributed by atoms with Crippen molar-refractivity contribution in [1.29, 1.82) is 0 Å². The molecule has 3 atom stereocenters. The summed E-state index contributed by atoms with van der Waals surface area (Å²) in [5, 5.41) is 21.2. The smallest absolute Gasteiger partial charge is 0.303 e. The number of rotatable bonds is 17. The van der Waals surface area contributed by atoms with E-state index in [0.29, 0.717) is 19.4 Å². The Morgan fingerprint density at radius 2 is 1.62 bits per heavy atom. The molecule has 1 aliphatic rings. The summed E-state index contributed by atoms with van der Waals surface area (Å²) in [6, 6.07) is 24.3. The zero-order valence-corrected chi connectivity index (χ0v) is 26.2. The van der Waals surface area contributed by atoms with E-state index in [-0.39, 0.29) is 31.1 Å². The molecule has 8 heteroatoms. The molecule has 240 valence electrons. The molecule has 1 heterocycles. The summed E-state index contributed by atoms with van der Waals surface area (Å²) in [6.45, 7) is 5.85. The van der Waals surface area contributed by atoms with Crippen LogP contribution in [0.15, 0.2) is 85.5 Å². The van der Waals surface area contributed by atoms with Crippen molar-refractivity contribution in [1.82, 2.24) is 10.2 Å². The average Bonchev–Trinajstić information content (AvgIpc) is 3.05. The Hall–Kier alpha value is -3.82. The number of nitrogens with zero attached hydrogens (tertiary/aromatic N) is 1. The number of hydrogen-bond donors (Lipinski definition) is 3. The molecular weight excluding hydrogens is 568 g/mol. The fraction of sp³-hybridized carbons (Fsp3) is 0.405. The van der Waals surface area contributed by atoms with Crippen molar-refractivity contribution in [3.05, 3.63) is 108 Å². The molecule has 4 rings (SSSR count). The molecule has 1 saturated heterocycles. The van der Waals surface area contributed by atoms with Crippen molar-refractivity contribution in [2.24, 2.45) is 0 Å². The fourth-order valence-corrected chi connectivity index (χ4v) is 5.57. The quantitative estimate of drug-likeness (QED) is 0.117. The van der Waals surface area contributed by atoms with Crippen LogP contribution in [0.1, 0.15) is 79.6 Å². The second-order valence-corrected chi connectivity index (χ2v) is 11.8. The Kier molecular flexibility index (Phi) is 13.3. The Morgan fingerprint density at radius 1 is 0.911 bits per heavy atom. The van der Waals surface area contributed by atoms with Gasteiger partial charge in [-0.05, 0) is 53.8 Å². The number of amides is 1. The van der Waals surface area contributed by atoms with Crippen molar-refractivity contribution in [2.75, 3.05) is 20.1 Å². The van der Waals surface area contributed by atoms with Gasteiger partial charge >= 0.3 is 5.97 Å². The molecule has 0 aromatic heterocycles. The standard InChI is InChI=1S/C37H46N2O6/c1-3-21-39(2)25-33-23-34(30-15-13-27(26-40)14-16-30)45-37(44-33)31-19-17-29(18-20-31)32-10-8-9-28(22-32)24-38-35(41)11-6-4-5-7-12-36(42)43/h3,8-10,13-20,22,33-34,37,40H,1,4-7,11-12,21,23-26H2,2H3,(H,38,41)(H,42,43). The number of carbonyl (C=O) groups is 2. The summed E-state index contributed by atoms with van der Waals surface area (Å²) in [7, 11) is 2.06. The predicted molar refractivity (Wildman–Crippen MR) is 175 cm³/mol. The van der Waals surface area contributed by atoms with Gasteiger partial charge in [0.2, 0.25) is 5.91 Å². The zero-order valence-electron chi connectivity index (χ0n) is 26.2. The molecule has 3 unspecified atom stereocenters. The number of benzene rings is 3. The molecule has 1 amide bonds. The lowest BCUT2D eigenvalue weighted by Gasteiger charge is -2.37. The Balaban J connectivity index is 1.36. The van der Waals surface area contributed by atoms with E-state index < -0.39 is 12.3 Å². The van der Waals surface area contributed by atoms with Crippen LogP contribution in [0, 0.1) is 0 Å². The lowest BCUT2D eigenvalue weighted by atomic mass is 9.99. The van der Waals surface area contributed by atoms with Crippen LogP contribution >= 0.6 is 0 Å². The highest BCUT2D eigenvalue weighted by Crippen LogP contribution is 2.38. The van der Waals surface area contributed by atoms with Gasteiger partial charge in [-0.15, -0.1) is 6.58 Å². The second-order valence-electron chi connectivity index (χ2n) is 11.8. The summed E-state index contributed by atoms with van der Waals surface area (Å²) in [5.41, 5.74) is 6.01. The number of aliphatic hydroxyl groups is 1. The van der Waals surface area contributed by atoms with Gasteiger partial charge in [0, 0.05) is 44.5 Å². The molecule has 0 bridgehead atoms. The Labute approximate surface area is 266 Å². The number of carboxylic acids is 1. The number of nitrogens with one attached hydrogen (secondary N) is 1. The minimum atomic E-state index is -0.772. The lowest BCUT2D eigenvalue weighted by Crippen LogP contribution is -2.37. The van der Waals surface area contributed by atoms with E-state index in [1.807, 2.05) is 54.6 Å². The summed E-state index contributed by atoms with van der Waals surface area (Å²) in [4.78, 5) is 25.1. The zero-order chi connectivity index (χ0) is 32.0. The molecular formula is C37H46N2O6. The molecule has 0 radical (unpaired) electrons. The van der Waals surface area contributed by atoms with Gasteiger partial charge in [0.25, 0.3) is 0 Å². The first-order chi connectivity index (χ1) is 21.8. The van der Waals surface area contributed by atoms with E-state index in [1.165, 1.54) is 0 Å². The molecule has 3 aromatic carbocycles. The molecule has 0 spiro atoms. The van der Waals surface area contributed by atoms with Crippen molar-refractivity contribution in [2.45, 2.75) is 76.6 Å². The SMILES string of the molecule is C=CCN(C)CC1CC(c2ccc(CO)cc2)OC(c2ccc(-c3cccc(CNC(=O)CCCCCCC(=O)O)c3)cc2)O1. The van der Waals surface area contributed by atoms with Gasteiger partial charge in [0.1, 0.15) is 0 Å². The average molecular weight is 615 g/mol. The van der Waals surface area contributed by atoms with E-state index in [9.17, 15) is 14.7 Å². The van der Waals surface area contributed by atoms with Crippen molar-refractivity contribution in [3.8, 4) is 11.1 Å². The van der Waals surface area contributed by atoms with E-state index in [4.69, 9.17) is 14.6 Å². The summed E-state index contributed by atoms with van der Waals surface area (Å²) < 4.78 is 13.0. The monoisotopic (exact) mass is 614 g/mol. The number of ether oxygens (including phenoxy) is 2. The van der Waals surface area contributed by atoms with Crippen LogP contribution in [-0.4, -0.2) is 53.2 Å². The maximum absolute atomic E-state index is 12.3. The van der Waals surface area contributed by atoms with Gasteiger partial charge in [-0.2, -0.15) is 0 Å². The number of aliphatic hydroxyl groups excluding tert-OH is 1.